The van der Waals surface area contributed by atoms with Crippen molar-refractivity contribution in [1.29, 1.82) is 0 Å². The second-order valence-electron chi connectivity index (χ2n) is 7.70. The fourth-order valence-electron chi connectivity index (χ4n) is 3.98. The van der Waals surface area contributed by atoms with Crippen LogP contribution in [0.5, 0.6) is 0 Å². The molecule has 0 bridgehead atoms. The van der Waals surface area contributed by atoms with Gasteiger partial charge in [-0.15, -0.1) is 0 Å². The maximum absolute atomic E-state index is 11.4. The van der Waals surface area contributed by atoms with Crippen molar-refractivity contribution in [2.45, 2.75) is 0 Å². The largest absolute Gasteiger partial charge is 0.299 e. The van der Waals surface area contributed by atoms with Crippen LogP contribution in [0.2, 0.25) is 20.2 Å². The van der Waals surface area contributed by atoms with E-state index in [1.165, 1.54) is 12.3 Å². The number of nitro groups is 2. The molecule has 6 rings (SSSR count). The number of fused-ring (bicyclic) bond motifs is 6. The zero-order valence-electron chi connectivity index (χ0n) is 19.6. The van der Waals surface area contributed by atoms with E-state index < -0.39 is 9.85 Å². The molecule has 1 radical (unpaired) electrons. The number of aromatic nitrogens is 4. The zero-order valence-corrected chi connectivity index (χ0v) is 25.7. The van der Waals surface area contributed by atoms with Crippen molar-refractivity contribution in [2.24, 2.45) is 0 Å². The normalized spacial score (nSPS) is 10.8. The van der Waals surface area contributed by atoms with E-state index in [9.17, 15) is 20.2 Å². The topological polar surface area (TPSA) is 138 Å². The molecule has 0 spiro atoms. The van der Waals surface area contributed by atoms with Crippen LogP contribution in [0.15, 0.2) is 61.1 Å². The molecule has 39 heavy (non-hydrogen) atoms. The van der Waals surface area contributed by atoms with Gasteiger partial charge in [0.1, 0.15) is 26.6 Å². The minimum absolute atomic E-state index is 0. The van der Waals surface area contributed by atoms with E-state index in [0.29, 0.717) is 27.3 Å². The Morgan fingerprint density at radius 1 is 0.667 bits per heavy atom. The van der Waals surface area contributed by atoms with Gasteiger partial charge in [-0.1, -0.05) is 52.5 Å². The van der Waals surface area contributed by atoms with Gasteiger partial charge in [0.15, 0.2) is 0 Å². The first kappa shape index (κ1) is 29.7. The summed E-state index contributed by atoms with van der Waals surface area (Å²) in [5.41, 5.74) is 1.49. The van der Waals surface area contributed by atoms with E-state index in [1.807, 2.05) is 0 Å². The predicted octanol–water partition coefficient (Wildman–Crippen LogP) is 7.62. The molecule has 0 saturated heterocycles. The molecule has 0 amide bonds. The molecule has 2 aromatic carbocycles. The van der Waals surface area contributed by atoms with Gasteiger partial charge in [0.25, 0.3) is 11.4 Å². The minimum Gasteiger partial charge on any atom is -0.258 e. The first-order chi connectivity index (χ1) is 18.2. The van der Waals surface area contributed by atoms with Crippen LogP contribution in [0.1, 0.15) is 0 Å². The molecule has 10 nitrogen and oxygen atoms in total. The summed E-state index contributed by atoms with van der Waals surface area (Å²) in [7, 11) is 0. The van der Waals surface area contributed by atoms with Crippen molar-refractivity contribution in [3.05, 3.63) is 102 Å². The molecule has 0 aliphatic carbocycles. The Labute approximate surface area is 281 Å². The molecular formula is C24H10Cl4KN6O4. The second kappa shape index (κ2) is 12.0. The van der Waals surface area contributed by atoms with Gasteiger partial charge in [0.05, 0.1) is 36.3 Å². The standard InChI is InChI=1S/C12H3Cl4N3O2.C12H7N3O2.K/c13-6-4-2-1-3-17-9(4)10-5(11(6)19(20)21)7(14)8(15)12(16)18-10;16-15(17)10-7-8-3-1-5-13-11(8)12-9(10)4-2-6-14-12;/h1-3H;1-7H;. The van der Waals surface area contributed by atoms with Crippen LogP contribution in [0.4, 0.5) is 11.4 Å². The first-order valence-corrected chi connectivity index (χ1v) is 12.0. The number of rotatable bonds is 2. The third-order valence-corrected chi connectivity index (χ3v) is 7.17. The zero-order chi connectivity index (χ0) is 27.1. The molecule has 0 saturated carbocycles. The second-order valence-corrected chi connectivity index (χ2v) is 9.19. The number of hydrogen-bond acceptors (Lipinski definition) is 8. The Kier molecular flexibility index (Phi) is 9.16. The van der Waals surface area contributed by atoms with Gasteiger partial charge in [-0.2, -0.15) is 0 Å². The summed E-state index contributed by atoms with van der Waals surface area (Å²) < 4.78 is 0. The third kappa shape index (κ3) is 5.39. The van der Waals surface area contributed by atoms with Crippen LogP contribution < -0.4 is 0 Å². The Morgan fingerprint density at radius 3 is 1.85 bits per heavy atom. The minimum atomic E-state index is -0.630. The number of non-ortho nitro benzene ring substituents is 1. The van der Waals surface area contributed by atoms with Crippen LogP contribution in [-0.4, -0.2) is 81.2 Å². The molecule has 4 heterocycles. The Bertz CT molecular complexity index is 1960. The molecule has 0 aliphatic heterocycles. The van der Waals surface area contributed by atoms with Gasteiger partial charge in [-0.25, -0.2) is 4.98 Å². The molecular weight excluding hydrogens is 617 g/mol. The number of nitrogens with zero attached hydrogens (tertiary/aromatic N) is 6. The van der Waals surface area contributed by atoms with Crippen molar-refractivity contribution < 1.29 is 9.85 Å². The van der Waals surface area contributed by atoms with Gasteiger partial charge in [0, 0.05) is 86.8 Å². The van der Waals surface area contributed by atoms with Crippen molar-refractivity contribution in [3.8, 4) is 0 Å². The monoisotopic (exact) mass is 625 g/mol. The molecule has 189 valence electrons. The van der Waals surface area contributed by atoms with E-state index in [2.05, 4.69) is 19.9 Å². The summed E-state index contributed by atoms with van der Waals surface area (Å²) in [6.07, 6.45) is 4.78. The maximum atomic E-state index is 11.4. The number of pyridine rings is 4. The number of hydrogen-bond donors (Lipinski definition) is 0. The summed E-state index contributed by atoms with van der Waals surface area (Å²) in [5, 5.41) is 23.8. The summed E-state index contributed by atoms with van der Waals surface area (Å²) in [6.45, 7) is 0. The van der Waals surface area contributed by atoms with Crippen molar-refractivity contribution in [3.63, 3.8) is 0 Å². The Morgan fingerprint density at radius 2 is 1.23 bits per heavy atom. The third-order valence-electron chi connectivity index (χ3n) is 5.57. The van der Waals surface area contributed by atoms with Crippen molar-refractivity contribution >= 4 is 153 Å². The molecule has 15 heteroatoms. The molecule has 0 fully saturated rings. The fourth-order valence-corrected chi connectivity index (χ4v) is 4.93. The molecule has 0 N–H and O–H groups in total. The van der Waals surface area contributed by atoms with Crippen LogP contribution in [0.25, 0.3) is 43.6 Å². The molecule has 0 atom stereocenters. The van der Waals surface area contributed by atoms with Crippen LogP contribution in [0, 0.1) is 20.2 Å². The van der Waals surface area contributed by atoms with Gasteiger partial charge in [0.2, 0.25) is 0 Å². The van der Waals surface area contributed by atoms with E-state index in [0.717, 1.165) is 5.39 Å². The van der Waals surface area contributed by atoms with E-state index >= 15 is 0 Å². The number of nitro benzene ring substituents is 2. The molecule has 4 aromatic heterocycles. The van der Waals surface area contributed by atoms with Crippen molar-refractivity contribution in [1.82, 2.24) is 19.9 Å². The predicted molar refractivity (Wildman–Crippen MR) is 153 cm³/mol. The number of benzene rings is 2. The Hall–Kier alpha value is -2.32. The van der Waals surface area contributed by atoms with E-state index in [4.69, 9.17) is 46.4 Å². The van der Waals surface area contributed by atoms with Crippen LogP contribution >= 0.6 is 46.4 Å². The average molecular weight is 627 g/mol. The van der Waals surface area contributed by atoms with Crippen LogP contribution in [-0.2, 0) is 0 Å². The SMILES string of the molecule is O=[N+]([O-])c1c(Cl)c2cccnc2c2nc(Cl)c(Cl)c(Cl)c12.O=[N+]([O-])c1cc2cccnc2c2ncccc12.[K]. The van der Waals surface area contributed by atoms with Gasteiger partial charge < -0.3 is 0 Å². The molecule has 0 aliphatic rings. The average Bonchev–Trinajstić information content (AvgIpc) is 2.92. The van der Waals surface area contributed by atoms with E-state index in [-0.39, 0.29) is 93.9 Å². The summed E-state index contributed by atoms with van der Waals surface area (Å²) in [4.78, 5) is 38.0. The Balaban J connectivity index is 0.000000180. The number of halogens is 4. The van der Waals surface area contributed by atoms with Gasteiger partial charge >= 0.3 is 0 Å². The molecule has 0 unspecified atom stereocenters. The smallest absolute Gasteiger partial charge is 0.258 e. The maximum Gasteiger partial charge on any atom is 0.299 e. The van der Waals surface area contributed by atoms with Gasteiger partial charge in [-0.3, -0.25) is 35.2 Å². The van der Waals surface area contributed by atoms with Gasteiger partial charge in [-0.05, 0) is 30.3 Å². The van der Waals surface area contributed by atoms with Crippen molar-refractivity contribution in [2.75, 3.05) is 0 Å². The summed E-state index contributed by atoms with van der Waals surface area (Å²) >= 11 is 24.1. The van der Waals surface area contributed by atoms with Crippen LogP contribution in [0.3, 0.4) is 0 Å². The summed E-state index contributed by atoms with van der Waals surface area (Å²) in [5.74, 6) is 0. The summed E-state index contributed by atoms with van der Waals surface area (Å²) in [6, 6.07) is 11.7. The van der Waals surface area contributed by atoms with E-state index in [1.54, 1.807) is 48.8 Å². The molecule has 6 aromatic rings. The fraction of sp³-hybridized carbons (Fsp3) is 0. The first-order valence-electron chi connectivity index (χ1n) is 10.5. The quantitative estimate of drug-likeness (QED) is 0.0629.